The van der Waals surface area contributed by atoms with Crippen molar-refractivity contribution in [2.75, 3.05) is 11.1 Å². The van der Waals surface area contributed by atoms with Crippen molar-refractivity contribution in [2.24, 2.45) is 5.73 Å². The van der Waals surface area contributed by atoms with E-state index in [4.69, 9.17) is 5.73 Å². The summed E-state index contributed by atoms with van der Waals surface area (Å²) in [4.78, 5) is 10.6. The summed E-state index contributed by atoms with van der Waals surface area (Å²) in [7, 11) is 0. The van der Waals surface area contributed by atoms with Crippen LogP contribution in [0.1, 0.15) is 5.56 Å². The van der Waals surface area contributed by atoms with Gasteiger partial charge in [-0.15, -0.1) is 0 Å². The molecule has 3 N–H and O–H groups in total. The van der Waals surface area contributed by atoms with Gasteiger partial charge in [0.25, 0.3) is 0 Å². The second-order valence-electron chi connectivity index (χ2n) is 2.70. The Labute approximate surface area is 88.4 Å². The highest BCUT2D eigenvalue weighted by molar-refractivity contribution is 7.80. The summed E-state index contributed by atoms with van der Waals surface area (Å²) in [6.07, 6.45) is 3.85. The fourth-order valence-corrected chi connectivity index (χ4v) is 1.16. The van der Waals surface area contributed by atoms with E-state index in [1.165, 1.54) is 0 Å². The Kier molecular flexibility index (Phi) is 4.07. The van der Waals surface area contributed by atoms with Gasteiger partial charge in [0.2, 0.25) is 0 Å². The number of nitrogens with two attached hydrogens (primary N) is 1. The van der Waals surface area contributed by atoms with Crippen LogP contribution in [0.2, 0.25) is 0 Å². The van der Waals surface area contributed by atoms with Gasteiger partial charge in [-0.3, -0.25) is 0 Å². The smallest absolute Gasteiger partial charge is 0.316 e. The zero-order valence-electron chi connectivity index (χ0n) is 7.60. The molecule has 1 aromatic rings. The van der Waals surface area contributed by atoms with Crippen molar-refractivity contribution >= 4 is 30.4 Å². The van der Waals surface area contributed by atoms with Gasteiger partial charge in [-0.2, -0.15) is 12.6 Å². The molecule has 0 aliphatic carbocycles. The predicted octanol–water partition coefficient (Wildman–Crippen LogP) is 2.12. The van der Waals surface area contributed by atoms with Crippen molar-refractivity contribution in [1.82, 2.24) is 0 Å². The van der Waals surface area contributed by atoms with Gasteiger partial charge in [0.15, 0.2) is 0 Å². The summed E-state index contributed by atoms with van der Waals surface area (Å²) < 4.78 is 0. The van der Waals surface area contributed by atoms with E-state index in [-0.39, 0.29) is 0 Å². The summed E-state index contributed by atoms with van der Waals surface area (Å²) >= 11 is 4.06. The van der Waals surface area contributed by atoms with Crippen LogP contribution in [0, 0.1) is 0 Å². The largest absolute Gasteiger partial charge is 0.351 e. The molecule has 0 aromatic heterocycles. The molecule has 0 saturated carbocycles. The summed E-state index contributed by atoms with van der Waals surface area (Å²) in [6, 6.07) is 6.85. The Morgan fingerprint density at radius 1 is 1.57 bits per heavy atom. The van der Waals surface area contributed by atoms with E-state index in [0.29, 0.717) is 11.4 Å². The Morgan fingerprint density at radius 3 is 3.00 bits per heavy atom. The van der Waals surface area contributed by atoms with Crippen LogP contribution < -0.4 is 11.1 Å². The van der Waals surface area contributed by atoms with E-state index in [1.807, 2.05) is 30.4 Å². The highest BCUT2D eigenvalue weighted by Gasteiger charge is 1.95. The highest BCUT2D eigenvalue weighted by atomic mass is 32.1. The first-order valence-corrected chi connectivity index (χ1v) is 4.79. The number of nitrogens with one attached hydrogen (secondary N) is 1. The molecular weight excluding hydrogens is 196 g/mol. The first-order valence-electron chi connectivity index (χ1n) is 4.16. The number of anilines is 1. The van der Waals surface area contributed by atoms with Gasteiger partial charge in [0, 0.05) is 11.4 Å². The fourth-order valence-electron chi connectivity index (χ4n) is 1.05. The van der Waals surface area contributed by atoms with E-state index in [9.17, 15) is 4.79 Å². The van der Waals surface area contributed by atoms with E-state index in [2.05, 4.69) is 17.9 Å². The molecule has 0 heterocycles. The fraction of sp³-hybridized carbons (Fsp3) is 0.100. The average Bonchev–Trinajstić information content (AvgIpc) is 2.14. The molecule has 3 nitrogen and oxygen atoms in total. The Bertz CT molecular complexity index is 350. The molecule has 14 heavy (non-hydrogen) atoms. The minimum Gasteiger partial charge on any atom is -0.351 e. The van der Waals surface area contributed by atoms with Gasteiger partial charge in [-0.25, -0.2) is 4.79 Å². The van der Waals surface area contributed by atoms with Gasteiger partial charge in [0.05, 0.1) is 0 Å². The van der Waals surface area contributed by atoms with Crippen LogP contribution in [0.5, 0.6) is 0 Å². The van der Waals surface area contributed by atoms with Crippen LogP contribution >= 0.6 is 12.6 Å². The SMILES string of the molecule is NC(=O)Nc1cccc(C=CCS)c1. The number of benzene rings is 1. The van der Waals surface area contributed by atoms with Crippen LogP contribution in [0.15, 0.2) is 30.3 Å². The molecular formula is C10H12N2OS. The summed E-state index contributed by atoms with van der Waals surface area (Å²) in [5.41, 5.74) is 6.69. The standard InChI is InChI=1S/C10H12N2OS/c11-10(13)12-9-5-1-3-8(7-9)4-2-6-14/h1-5,7,14H,6H2,(H3,11,12,13). The molecule has 1 rings (SSSR count). The lowest BCUT2D eigenvalue weighted by atomic mass is 10.2. The third-order valence-electron chi connectivity index (χ3n) is 1.57. The number of amides is 2. The molecule has 0 radical (unpaired) electrons. The summed E-state index contributed by atoms with van der Waals surface area (Å²) in [5, 5.41) is 2.51. The number of rotatable bonds is 3. The molecule has 0 aliphatic heterocycles. The van der Waals surface area contributed by atoms with Gasteiger partial charge in [-0.1, -0.05) is 24.3 Å². The Balaban J connectivity index is 2.78. The number of primary amides is 1. The zero-order valence-corrected chi connectivity index (χ0v) is 8.50. The third-order valence-corrected chi connectivity index (χ3v) is 1.78. The molecule has 0 bridgehead atoms. The number of hydrogen-bond acceptors (Lipinski definition) is 2. The number of hydrogen-bond donors (Lipinski definition) is 3. The zero-order chi connectivity index (χ0) is 10.4. The minimum absolute atomic E-state index is 0.555. The average molecular weight is 208 g/mol. The predicted molar refractivity (Wildman–Crippen MR) is 62.5 cm³/mol. The molecule has 74 valence electrons. The Morgan fingerprint density at radius 2 is 2.36 bits per heavy atom. The van der Waals surface area contributed by atoms with Gasteiger partial charge in [0.1, 0.15) is 0 Å². The third kappa shape index (κ3) is 3.53. The maximum absolute atomic E-state index is 10.6. The normalized spacial score (nSPS) is 10.4. The summed E-state index contributed by atoms with van der Waals surface area (Å²) in [5.74, 6) is 0.688. The lowest BCUT2D eigenvalue weighted by molar-refractivity contribution is 0.259. The van der Waals surface area contributed by atoms with E-state index in [1.54, 1.807) is 6.07 Å². The molecule has 0 aliphatic rings. The van der Waals surface area contributed by atoms with E-state index >= 15 is 0 Å². The van der Waals surface area contributed by atoms with Crippen molar-refractivity contribution in [3.8, 4) is 0 Å². The number of carbonyl (C=O) groups excluding carboxylic acids is 1. The first kappa shape index (κ1) is 10.7. The molecule has 0 unspecified atom stereocenters. The maximum atomic E-state index is 10.6. The first-order chi connectivity index (χ1) is 6.72. The molecule has 0 spiro atoms. The number of carbonyl (C=O) groups is 1. The second-order valence-corrected chi connectivity index (χ2v) is 3.06. The van der Waals surface area contributed by atoms with Crippen LogP contribution in [-0.4, -0.2) is 11.8 Å². The lowest BCUT2D eigenvalue weighted by Crippen LogP contribution is -2.19. The van der Waals surface area contributed by atoms with E-state index in [0.717, 1.165) is 5.56 Å². The molecule has 1 aromatic carbocycles. The molecule has 2 amide bonds. The van der Waals surface area contributed by atoms with Gasteiger partial charge in [-0.05, 0) is 17.7 Å². The lowest BCUT2D eigenvalue weighted by Gasteiger charge is -2.01. The minimum atomic E-state index is -0.555. The van der Waals surface area contributed by atoms with Crippen molar-refractivity contribution in [1.29, 1.82) is 0 Å². The summed E-state index contributed by atoms with van der Waals surface area (Å²) in [6.45, 7) is 0. The van der Waals surface area contributed by atoms with Crippen LogP contribution in [0.4, 0.5) is 10.5 Å². The van der Waals surface area contributed by atoms with Gasteiger partial charge < -0.3 is 11.1 Å². The molecule has 0 fully saturated rings. The number of thiol groups is 1. The van der Waals surface area contributed by atoms with Crippen molar-refractivity contribution in [3.05, 3.63) is 35.9 Å². The number of urea groups is 1. The monoisotopic (exact) mass is 208 g/mol. The van der Waals surface area contributed by atoms with Crippen molar-refractivity contribution < 1.29 is 4.79 Å². The topological polar surface area (TPSA) is 55.1 Å². The molecule has 0 atom stereocenters. The molecule has 0 saturated heterocycles. The van der Waals surface area contributed by atoms with E-state index < -0.39 is 6.03 Å². The molecule has 4 heteroatoms. The second kappa shape index (κ2) is 5.34. The van der Waals surface area contributed by atoms with Crippen LogP contribution in [0.3, 0.4) is 0 Å². The Hall–Kier alpha value is -1.42. The quantitative estimate of drug-likeness (QED) is 0.655. The van der Waals surface area contributed by atoms with Crippen molar-refractivity contribution in [2.45, 2.75) is 0 Å². The maximum Gasteiger partial charge on any atom is 0.316 e. The van der Waals surface area contributed by atoms with Gasteiger partial charge >= 0.3 is 6.03 Å². The van der Waals surface area contributed by atoms with Crippen LogP contribution in [0.25, 0.3) is 6.08 Å². The van der Waals surface area contributed by atoms with Crippen molar-refractivity contribution in [3.63, 3.8) is 0 Å². The van der Waals surface area contributed by atoms with Crippen LogP contribution in [-0.2, 0) is 0 Å². The highest BCUT2D eigenvalue weighted by Crippen LogP contribution is 2.11.